The highest BCUT2D eigenvalue weighted by molar-refractivity contribution is 9.10. The van der Waals surface area contributed by atoms with Crippen LogP contribution in [0.2, 0.25) is 0 Å². The average molecular weight is 295 g/mol. The minimum Gasteiger partial charge on any atom is -0.309 e. The van der Waals surface area contributed by atoms with E-state index in [0.717, 1.165) is 22.4 Å². The fourth-order valence-corrected chi connectivity index (χ4v) is 1.93. The number of rotatable bonds is 4. The lowest BCUT2D eigenvalue weighted by Gasteiger charge is -2.11. The number of nitrogens with one attached hydrogen (secondary N) is 1. The van der Waals surface area contributed by atoms with Gasteiger partial charge in [-0.1, -0.05) is 6.92 Å². The molecule has 5 heteroatoms. The van der Waals surface area contributed by atoms with Crippen molar-refractivity contribution in [2.24, 2.45) is 0 Å². The summed E-state index contributed by atoms with van der Waals surface area (Å²) in [5.41, 5.74) is 2.00. The molecule has 1 N–H and O–H groups in total. The quantitative estimate of drug-likeness (QED) is 0.943. The first-order valence-electron chi connectivity index (χ1n) is 5.60. The summed E-state index contributed by atoms with van der Waals surface area (Å²) in [4.78, 5) is 4.44. The van der Waals surface area contributed by atoms with E-state index >= 15 is 0 Å². The topological polar surface area (TPSA) is 42.7 Å². The van der Waals surface area contributed by atoms with Crippen molar-refractivity contribution in [3.63, 3.8) is 0 Å². The number of hydrogen-bond donors (Lipinski definition) is 1. The van der Waals surface area contributed by atoms with Gasteiger partial charge in [0.25, 0.3) is 0 Å². The van der Waals surface area contributed by atoms with Gasteiger partial charge < -0.3 is 5.32 Å². The van der Waals surface area contributed by atoms with Crippen LogP contribution in [0.4, 0.5) is 0 Å². The Morgan fingerprint density at radius 2 is 2.24 bits per heavy atom. The molecule has 2 heterocycles. The Morgan fingerprint density at radius 3 is 2.76 bits per heavy atom. The highest BCUT2D eigenvalue weighted by atomic mass is 79.9. The Kier molecular flexibility index (Phi) is 3.91. The summed E-state index contributed by atoms with van der Waals surface area (Å²) in [6.45, 7) is 5.14. The Morgan fingerprint density at radius 1 is 1.41 bits per heavy atom. The maximum atomic E-state index is 4.44. The van der Waals surface area contributed by atoms with Gasteiger partial charge in [-0.15, -0.1) is 0 Å². The molecule has 1 unspecified atom stereocenters. The maximum absolute atomic E-state index is 4.44. The Hall–Kier alpha value is -1.20. The first-order chi connectivity index (χ1) is 8.20. The minimum atomic E-state index is 0.276. The lowest BCUT2D eigenvalue weighted by atomic mass is 10.2. The van der Waals surface area contributed by atoms with Crippen LogP contribution in [0.15, 0.2) is 35.2 Å². The second kappa shape index (κ2) is 5.42. The standard InChI is InChI=1S/C12H15BrN4/c1-3-14-9(2)12-5-4-11(7-15-12)17-8-10(13)6-16-17/h4-9,14H,3H2,1-2H3. The van der Waals surface area contributed by atoms with Gasteiger partial charge >= 0.3 is 0 Å². The molecule has 0 aliphatic carbocycles. The highest BCUT2D eigenvalue weighted by Crippen LogP contribution is 2.14. The SMILES string of the molecule is CCNC(C)c1ccc(-n2cc(Br)cn2)cn1. The molecular weight excluding hydrogens is 280 g/mol. The molecule has 90 valence electrons. The molecule has 2 rings (SSSR count). The molecule has 0 aliphatic rings. The van der Waals surface area contributed by atoms with E-state index in [1.165, 1.54) is 0 Å². The Balaban J connectivity index is 2.18. The van der Waals surface area contributed by atoms with Gasteiger partial charge in [0.1, 0.15) is 0 Å². The lowest BCUT2D eigenvalue weighted by Crippen LogP contribution is -2.18. The van der Waals surface area contributed by atoms with Gasteiger partial charge in [0, 0.05) is 12.2 Å². The van der Waals surface area contributed by atoms with Crippen LogP contribution in [0.25, 0.3) is 5.69 Å². The van der Waals surface area contributed by atoms with Gasteiger partial charge in [0.15, 0.2) is 0 Å². The molecule has 17 heavy (non-hydrogen) atoms. The van der Waals surface area contributed by atoms with Crippen molar-refractivity contribution in [2.45, 2.75) is 19.9 Å². The summed E-state index contributed by atoms with van der Waals surface area (Å²) >= 11 is 3.37. The van der Waals surface area contributed by atoms with Gasteiger partial charge in [-0.25, -0.2) is 4.68 Å². The molecule has 1 atom stereocenters. The molecule has 0 aromatic carbocycles. The normalized spacial score (nSPS) is 12.6. The van der Waals surface area contributed by atoms with Crippen molar-refractivity contribution in [3.05, 3.63) is 40.9 Å². The second-order valence-corrected chi connectivity index (χ2v) is 4.74. The molecule has 0 radical (unpaired) electrons. The molecule has 4 nitrogen and oxygen atoms in total. The summed E-state index contributed by atoms with van der Waals surface area (Å²) in [5, 5.41) is 7.54. The van der Waals surface area contributed by atoms with Crippen LogP contribution >= 0.6 is 15.9 Å². The van der Waals surface area contributed by atoms with E-state index in [2.05, 4.69) is 45.2 Å². The third-order valence-corrected chi connectivity index (χ3v) is 2.95. The molecule has 0 spiro atoms. The molecule has 0 fully saturated rings. The molecule has 0 saturated heterocycles. The summed E-state index contributed by atoms with van der Waals surface area (Å²) in [6.07, 6.45) is 5.50. The predicted octanol–water partition coefficient (Wildman–Crippen LogP) is 2.70. The average Bonchev–Trinajstić information content (AvgIpc) is 2.76. The smallest absolute Gasteiger partial charge is 0.0829 e. The van der Waals surface area contributed by atoms with Crippen molar-refractivity contribution >= 4 is 15.9 Å². The van der Waals surface area contributed by atoms with E-state index in [1.807, 2.05) is 24.5 Å². The van der Waals surface area contributed by atoms with Crippen LogP contribution in [0.1, 0.15) is 25.6 Å². The zero-order chi connectivity index (χ0) is 12.3. The molecular formula is C12H15BrN4. The van der Waals surface area contributed by atoms with E-state index in [4.69, 9.17) is 0 Å². The van der Waals surface area contributed by atoms with Gasteiger partial charge in [0.2, 0.25) is 0 Å². The van der Waals surface area contributed by atoms with E-state index in [0.29, 0.717) is 0 Å². The van der Waals surface area contributed by atoms with Crippen LogP contribution in [-0.4, -0.2) is 21.3 Å². The third kappa shape index (κ3) is 2.92. The number of pyridine rings is 1. The van der Waals surface area contributed by atoms with Crippen molar-refractivity contribution in [3.8, 4) is 5.69 Å². The van der Waals surface area contributed by atoms with E-state index in [9.17, 15) is 0 Å². The van der Waals surface area contributed by atoms with Crippen molar-refractivity contribution in [1.29, 1.82) is 0 Å². The number of nitrogens with zero attached hydrogens (tertiary/aromatic N) is 3. The first kappa shape index (κ1) is 12.3. The van der Waals surface area contributed by atoms with E-state index in [1.54, 1.807) is 10.9 Å². The van der Waals surface area contributed by atoms with Crippen LogP contribution in [0, 0.1) is 0 Å². The van der Waals surface area contributed by atoms with Crippen LogP contribution in [0.5, 0.6) is 0 Å². The Bertz CT molecular complexity index is 478. The fraction of sp³-hybridized carbons (Fsp3) is 0.333. The highest BCUT2D eigenvalue weighted by Gasteiger charge is 2.05. The number of hydrogen-bond acceptors (Lipinski definition) is 3. The van der Waals surface area contributed by atoms with E-state index < -0.39 is 0 Å². The van der Waals surface area contributed by atoms with Gasteiger partial charge in [-0.3, -0.25) is 4.98 Å². The molecule has 0 aliphatic heterocycles. The monoisotopic (exact) mass is 294 g/mol. The first-order valence-corrected chi connectivity index (χ1v) is 6.40. The Labute approximate surface area is 109 Å². The van der Waals surface area contributed by atoms with Gasteiger partial charge in [-0.2, -0.15) is 5.10 Å². The van der Waals surface area contributed by atoms with Crippen molar-refractivity contribution < 1.29 is 0 Å². The van der Waals surface area contributed by atoms with Crippen molar-refractivity contribution in [1.82, 2.24) is 20.1 Å². The zero-order valence-electron chi connectivity index (χ0n) is 9.89. The largest absolute Gasteiger partial charge is 0.309 e. The van der Waals surface area contributed by atoms with E-state index in [-0.39, 0.29) is 6.04 Å². The van der Waals surface area contributed by atoms with Crippen LogP contribution in [-0.2, 0) is 0 Å². The summed E-state index contributed by atoms with van der Waals surface area (Å²) in [6, 6.07) is 4.33. The molecule has 0 bridgehead atoms. The molecule has 0 amide bonds. The zero-order valence-corrected chi connectivity index (χ0v) is 11.5. The minimum absolute atomic E-state index is 0.276. The number of aromatic nitrogens is 3. The fourth-order valence-electron chi connectivity index (χ4n) is 1.64. The molecule has 0 saturated carbocycles. The van der Waals surface area contributed by atoms with Crippen LogP contribution in [0.3, 0.4) is 0 Å². The maximum Gasteiger partial charge on any atom is 0.0829 e. The van der Waals surface area contributed by atoms with Gasteiger partial charge in [-0.05, 0) is 41.5 Å². The predicted molar refractivity (Wildman–Crippen MR) is 71.2 cm³/mol. The summed E-state index contributed by atoms with van der Waals surface area (Å²) < 4.78 is 2.75. The second-order valence-electron chi connectivity index (χ2n) is 3.82. The summed E-state index contributed by atoms with van der Waals surface area (Å²) in [7, 11) is 0. The number of halogens is 1. The molecule has 2 aromatic rings. The lowest BCUT2D eigenvalue weighted by molar-refractivity contribution is 0.583. The van der Waals surface area contributed by atoms with Crippen LogP contribution < -0.4 is 5.32 Å². The molecule has 2 aromatic heterocycles. The van der Waals surface area contributed by atoms with Crippen molar-refractivity contribution in [2.75, 3.05) is 6.54 Å². The third-order valence-electron chi connectivity index (χ3n) is 2.54. The van der Waals surface area contributed by atoms with Gasteiger partial charge in [0.05, 0.1) is 28.2 Å². The summed E-state index contributed by atoms with van der Waals surface area (Å²) in [5.74, 6) is 0.